The Morgan fingerprint density at radius 1 is 1.62 bits per heavy atom. The van der Waals surface area contributed by atoms with Crippen molar-refractivity contribution in [3.05, 3.63) is 29.6 Å². The van der Waals surface area contributed by atoms with Crippen LogP contribution in [0, 0.1) is 5.41 Å². The smallest absolute Gasteiger partial charge is 0.141 e. The minimum absolute atomic E-state index is 0.0170. The van der Waals surface area contributed by atoms with Crippen LogP contribution < -0.4 is 5.73 Å². The van der Waals surface area contributed by atoms with Crippen LogP contribution in [0.5, 0.6) is 0 Å². The van der Waals surface area contributed by atoms with Crippen LogP contribution in [0.1, 0.15) is 23.4 Å². The normalized spacial score (nSPS) is 12.5. The Hall–Kier alpha value is -1.03. The van der Waals surface area contributed by atoms with Gasteiger partial charge in [0.25, 0.3) is 0 Å². The van der Waals surface area contributed by atoms with Crippen molar-refractivity contribution < 1.29 is 0 Å². The van der Waals surface area contributed by atoms with Crippen molar-refractivity contribution in [2.75, 3.05) is 6.26 Å². The Kier molecular flexibility index (Phi) is 3.31. The summed E-state index contributed by atoms with van der Waals surface area (Å²) in [4.78, 5) is 4.08. The molecule has 3 N–H and O–H groups in total. The summed E-state index contributed by atoms with van der Waals surface area (Å²) in [5, 5.41) is 7.61. The summed E-state index contributed by atoms with van der Waals surface area (Å²) in [6.07, 6.45) is 3.83. The van der Waals surface area contributed by atoms with Crippen molar-refractivity contribution >= 4 is 17.6 Å². The first-order valence-electron chi connectivity index (χ1n) is 3.98. The second-order valence-corrected chi connectivity index (χ2v) is 3.95. The lowest BCUT2D eigenvalue weighted by molar-refractivity contribution is 1.07. The molecule has 0 spiro atoms. The van der Waals surface area contributed by atoms with Gasteiger partial charge in [-0.25, -0.2) is 0 Å². The van der Waals surface area contributed by atoms with Gasteiger partial charge >= 0.3 is 0 Å². The van der Waals surface area contributed by atoms with Gasteiger partial charge in [0.05, 0.1) is 0 Å². The number of pyridine rings is 1. The van der Waals surface area contributed by atoms with Crippen LogP contribution in [-0.4, -0.2) is 17.1 Å². The zero-order valence-electron chi connectivity index (χ0n) is 7.74. The van der Waals surface area contributed by atoms with E-state index in [9.17, 15) is 0 Å². The molecule has 70 valence electrons. The first-order chi connectivity index (χ1) is 6.15. The van der Waals surface area contributed by atoms with Crippen molar-refractivity contribution in [1.82, 2.24) is 4.98 Å². The quantitative estimate of drug-likeness (QED) is 0.571. The highest BCUT2D eigenvalue weighted by Crippen LogP contribution is 2.24. The van der Waals surface area contributed by atoms with Gasteiger partial charge in [-0.05, 0) is 24.8 Å². The molecule has 1 aromatic heterocycles. The third-order valence-electron chi connectivity index (χ3n) is 1.89. The summed E-state index contributed by atoms with van der Waals surface area (Å²) in [6.45, 7) is 2.12. The van der Waals surface area contributed by atoms with E-state index in [1.165, 1.54) is 0 Å². The lowest BCUT2D eigenvalue weighted by atomic mass is 10.2. The number of rotatable bonds is 3. The van der Waals surface area contributed by atoms with Crippen LogP contribution >= 0.6 is 11.8 Å². The van der Waals surface area contributed by atoms with Crippen LogP contribution in [0.2, 0.25) is 0 Å². The van der Waals surface area contributed by atoms with Gasteiger partial charge in [-0.3, -0.25) is 10.4 Å². The van der Waals surface area contributed by atoms with Crippen molar-refractivity contribution in [1.29, 1.82) is 5.41 Å². The highest BCUT2D eigenvalue weighted by atomic mass is 32.2. The Morgan fingerprint density at radius 2 is 2.31 bits per heavy atom. The molecule has 1 rings (SSSR count). The molecule has 0 aliphatic heterocycles. The molecule has 1 heterocycles. The number of nitrogens with one attached hydrogen (secondary N) is 1. The molecule has 0 aliphatic carbocycles. The minimum atomic E-state index is 0.0170. The summed E-state index contributed by atoms with van der Waals surface area (Å²) in [5.74, 6) is 0.0170. The zero-order chi connectivity index (χ0) is 9.84. The molecule has 4 heteroatoms. The van der Waals surface area contributed by atoms with E-state index in [4.69, 9.17) is 11.1 Å². The molecule has 3 nitrogen and oxygen atoms in total. The van der Waals surface area contributed by atoms with Crippen LogP contribution in [0.3, 0.4) is 0 Å². The zero-order valence-corrected chi connectivity index (χ0v) is 8.56. The minimum Gasteiger partial charge on any atom is -0.382 e. The highest BCUT2D eigenvalue weighted by molar-refractivity contribution is 7.98. The van der Waals surface area contributed by atoms with Crippen LogP contribution in [0.4, 0.5) is 0 Å². The van der Waals surface area contributed by atoms with Gasteiger partial charge in [-0.2, -0.15) is 11.8 Å². The summed E-state index contributed by atoms with van der Waals surface area (Å²) < 4.78 is 0. The van der Waals surface area contributed by atoms with Crippen LogP contribution in [-0.2, 0) is 0 Å². The molecular weight excluding hydrogens is 182 g/mol. The standard InChI is InChI=1S/C9H13N3S/c1-6(13-2)7-3-4-8(9(10)11)12-5-7/h3-6H,1-2H3,(H3,10,11). The molecule has 0 saturated heterocycles. The molecule has 0 saturated carbocycles. The number of thioether (sulfide) groups is 1. The van der Waals surface area contributed by atoms with Gasteiger partial charge in [0, 0.05) is 11.4 Å². The third-order valence-corrected chi connectivity index (χ3v) is 2.86. The summed E-state index contributed by atoms with van der Waals surface area (Å²) >= 11 is 1.77. The molecule has 0 aromatic carbocycles. The first kappa shape index (κ1) is 10.1. The van der Waals surface area contributed by atoms with Crippen molar-refractivity contribution in [3.8, 4) is 0 Å². The fourth-order valence-corrected chi connectivity index (χ4v) is 1.35. The molecule has 0 amide bonds. The maximum absolute atomic E-state index is 7.17. The first-order valence-corrected chi connectivity index (χ1v) is 5.27. The predicted molar refractivity (Wildman–Crippen MR) is 57.2 cm³/mol. The number of nitrogens with two attached hydrogens (primary N) is 1. The van der Waals surface area contributed by atoms with E-state index < -0.39 is 0 Å². The summed E-state index contributed by atoms with van der Waals surface area (Å²) in [6, 6.07) is 3.75. The van der Waals surface area contributed by atoms with E-state index >= 15 is 0 Å². The maximum atomic E-state index is 7.17. The molecule has 1 unspecified atom stereocenters. The van der Waals surface area contributed by atoms with Gasteiger partial charge < -0.3 is 5.73 Å². The molecule has 0 bridgehead atoms. The number of hydrogen-bond acceptors (Lipinski definition) is 3. The second-order valence-electron chi connectivity index (χ2n) is 2.77. The third kappa shape index (κ3) is 2.45. The number of amidine groups is 1. The number of nitrogens with zero attached hydrogens (tertiary/aromatic N) is 1. The number of hydrogen-bond donors (Lipinski definition) is 2. The van der Waals surface area contributed by atoms with Crippen molar-refractivity contribution in [2.24, 2.45) is 5.73 Å². The van der Waals surface area contributed by atoms with Gasteiger partial charge in [-0.1, -0.05) is 6.07 Å². The van der Waals surface area contributed by atoms with Crippen LogP contribution in [0.15, 0.2) is 18.3 Å². The average molecular weight is 195 g/mol. The lowest BCUT2D eigenvalue weighted by Gasteiger charge is -2.07. The molecule has 0 radical (unpaired) electrons. The highest BCUT2D eigenvalue weighted by Gasteiger charge is 2.04. The van der Waals surface area contributed by atoms with E-state index in [1.54, 1.807) is 24.0 Å². The molecular formula is C9H13N3S. The van der Waals surface area contributed by atoms with Gasteiger partial charge in [-0.15, -0.1) is 0 Å². The largest absolute Gasteiger partial charge is 0.382 e. The summed E-state index contributed by atoms with van der Waals surface area (Å²) in [7, 11) is 0. The van der Waals surface area contributed by atoms with E-state index in [0.29, 0.717) is 10.9 Å². The Bertz CT molecular complexity index is 294. The molecule has 0 fully saturated rings. The van der Waals surface area contributed by atoms with E-state index in [0.717, 1.165) is 5.56 Å². The fourth-order valence-electron chi connectivity index (χ4n) is 0.941. The molecule has 1 atom stereocenters. The maximum Gasteiger partial charge on any atom is 0.141 e. The molecule has 1 aromatic rings. The Morgan fingerprint density at radius 3 is 2.69 bits per heavy atom. The SMILES string of the molecule is CSC(C)c1ccc(C(=N)N)nc1. The van der Waals surface area contributed by atoms with Gasteiger partial charge in [0.15, 0.2) is 0 Å². The van der Waals surface area contributed by atoms with Gasteiger partial charge in [0.2, 0.25) is 0 Å². The number of aromatic nitrogens is 1. The van der Waals surface area contributed by atoms with E-state index in [1.807, 2.05) is 6.07 Å². The van der Waals surface area contributed by atoms with Gasteiger partial charge in [0.1, 0.15) is 11.5 Å². The topological polar surface area (TPSA) is 62.8 Å². The lowest BCUT2D eigenvalue weighted by Crippen LogP contribution is -2.12. The molecule has 13 heavy (non-hydrogen) atoms. The van der Waals surface area contributed by atoms with Crippen LogP contribution in [0.25, 0.3) is 0 Å². The van der Waals surface area contributed by atoms with Crippen molar-refractivity contribution in [2.45, 2.75) is 12.2 Å². The van der Waals surface area contributed by atoms with E-state index in [2.05, 4.69) is 18.2 Å². The fraction of sp³-hybridized carbons (Fsp3) is 0.333. The monoisotopic (exact) mass is 195 g/mol. The Labute approximate surface area is 82.3 Å². The number of nitrogen functional groups attached to an aromatic ring is 1. The summed E-state index contributed by atoms with van der Waals surface area (Å²) in [5.41, 5.74) is 6.99. The Balaban J connectivity index is 2.87. The average Bonchev–Trinajstić information content (AvgIpc) is 2.17. The molecule has 0 aliphatic rings. The van der Waals surface area contributed by atoms with Crippen molar-refractivity contribution in [3.63, 3.8) is 0 Å². The second kappa shape index (κ2) is 4.28. The predicted octanol–water partition coefficient (Wildman–Crippen LogP) is 1.79. The van der Waals surface area contributed by atoms with E-state index in [-0.39, 0.29) is 5.84 Å².